The predicted molar refractivity (Wildman–Crippen MR) is 98.2 cm³/mol. The van der Waals surface area contributed by atoms with E-state index < -0.39 is 0 Å². The van der Waals surface area contributed by atoms with Crippen LogP contribution in [-0.2, 0) is 10.5 Å². The van der Waals surface area contributed by atoms with E-state index in [1.54, 1.807) is 11.8 Å². The maximum absolute atomic E-state index is 12.0. The topological polar surface area (TPSA) is 70.7 Å². The van der Waals surface area contributed by atoms with E-state index in [2.05, 4.69) is 20.5 Å². The van der Waals surface area contributed by atoms with E-state index in [-0.39, 0.29) is 5.91 Å². The minimum absolute atomic E-state index is 0.00682. The molecule has 1 amide bonds. The Labute approximate surface area is 148 Å². The number of aromatic nitrogens is 3. The number of amides is 1. The van der Waals surface area contributed by atoms with Gasteiger partial charge in [0.15, 0.2) is 5.16 Å². The number of rotatable bonds is 7. The van der Waals surface area contributed by atoms with Crippen molar-refractivity contribution in [2.45, 2.75) is 15.8 Å². The van der Waals surface area contributed by atoms with Crippen LogP contribution in [0.2, 0.25) is 0 Å². The molecule has 122 valence electrons. The molecule has 0 radical (unpaired) electrons. The molecule has 1 heterocycles. The van der Waals surface area contributed by atoms with E-state index in [4.69, 9.17) is 0 Å². The lowest BCUT2D eigenvalue weighted by Gasteiger charge is -2.06. The number of nitrogens with zero attached hydrogens (tertiary/aromatic N) is 2. The van der Waals surface area contributed by atoms with Crippen molar-refractivity contribution in [1.29, 1.82) is 0 Å². The van der Waals surface area contributed by atoms with Gasteiger partial charge in [-0.2, -0.15) is 5.10 Å². The molecule has 5 nitrogen and oxygen atoms in total. The smallest absolute Gasteiger partial charge is 0.234 e. The zero-order valence-electron chi connectivity index (χ0n) is 12.8. The minimum atomic E-state index is -0.00682. The molecule has 0 spiro atoms. The van der Waals surface area contributed by atoms with Crippen molar-refractivity contribution in [2.75, 3.05) is 11.1 Å². The SMILES string of the molecule is O=C(CSc1ccccc1)Nc1ccc(CSc2ncn[nH]2)cc1. The summed E-state index contributed by atoms with van der Waals surface area (Å²) in [7, 11) is 0. The van der Waals surface area contributed by atoms with E-state index in [1.165, 1.54) is 18.1 Å². The molecule has 0 aliphatic carbocycles. The molecule has 2 N–H and O–H groups in total. The second-order valence-electron chi connectivity index (χ2n) is 4.93. The fourth-order valence-electron chi connectivity index (χ4n) is 1.96. The van der Waals surface area contributed by atoms with Gasteiger partial charge < -0.3 is 5.32 Å². The summed E-state index contributed by atoms with van der Waals surface area (Å²) in [5.41, 5.74) is 1.97. The van der Waals surface area contributed by atoms with Gasteiger partial charge in [-0.25, -0.2) is 4.98 Å². The Balaban J connectivity index is 1.45. The maximum atomic E-state index is 12.0. The van der Waals surface area contributed by atoms with Crippen molar-refractivity contribution >= 4 is 35.1 Å². The molecule has 0 unspecified atom stereocenters. The Morgan fingerprint density at radius 2 is 1.83 bits per heavy atom. The van der Waals surface area contributed by atoms with Crippen molar-refractivity contribution in [2.24, 2.45) is 0 Å². The number of carbonyl (C=O) groups is 1. The standard InChI is InChI=1S/C17H16N4OS2/c22-16(11-23-15-4-2-1-3-5-15)20-14-8-6-13(7-9-14)10-24-17-18-12-19-21-17/h1-9,12H,10-11H2,(H,20,22)(H,18,19,21). The lowest BCUT2D eigenvalue weighted by Crippen LogP contribution is -2.13. The van der Waals surface area contributed by atoms with E-state index in [1.807, 2.05) is 54.6 Å². The Bertz CT molecular complexity index is 761. The number of nitrogens with one attached hydrogen (secondary N) is 2. The van der Waals surface area contributed by atoms with Gasteiger partial charge in [-0.3, -0.25) is 9.89 Å². The summed E-state index contributed by atoms with van der Waals surface area (Å²) in [5, 5.41) is 10.3. The van der Waals surface area contributed by atoms with Gasteiger partial charge >= 0.3 is 0 Å². The van der Waals surface area contributed by atoms with Gasteiger partial charge in [0.05, 0.1) is 5.75 Å². The van der Waals surface area contributed by atoms with Crippen LogP contribution in [0, 0.1) is 0 Å². The third kappa shape index (κ3) is 5.14. The van der Waals surface area contributed by atoms with Crippen molar-refractivity contribution in [1.82, 2.24) is 15.2 Å². The molecule has 3 aromatic rings. The molecular weight excluding hydrogens is 340 g/mol. The number of hydrogen-bond acceptors (Lipinski definition) is 5. The van der Waals surface area contributed by atoms with Gasteiger partial charge in [0.1, 0.15) is 6.33 Å². The van der Waals surface area contributed by atoms with Gasteiger partial charge in [0.25, 0.3) is 0 Å². The predicted octanol–water partition coefficient (Wildman–Crippen LogP) is 3.83. The molecule has 3 rings (SSSR count). The molecule has 2 aromatic carbocycles. The van der Waals surface area contributed by atoms with Crippen LogP contribution in [0.4, 0.5) is 5.69 Å². The molecule has 0 saturated carbocycles. The number of H-pyrrole nitrogens is 1. The molecule has 7 heteroatoms. The lowest BCUT2D eigenvalue weighted by molar-refractivity contribution is -0.113. The first-order valence-electron chi connectivity index (χ1n) is 7.34. The maximum Gasteiger partial charge on any atom is 0.234 e. The summed E-state index contributed by atoms with van der Waals surface area (Å²) in [4.78, 5) is 17.2. The quantitative estimate of drug-likeness (QED) is 0.630. The van der Waals surface area contributed by atoms with E-state index in [0.717, 1.165) is 27.1 Å². The third-order valence-electron chi connectivity index (χ3n) is 3.12. The Kier molecular flexibility index (Phi) is 5.92. The van der Waals surface area contributed by atoms with Crippen molar-refractivity contribution in [3.05, 3.63) is 66.5 Å². The van der Waals surface area contributed by atoms with Crippen LogP contribution < -0.4 is 5.32 Å². The lowest BCUT2D eigenvalue weighted by atomic mass is 10.2. The highest BCUT2D eigenvalue weighted by molar-refractivity contribution is 8.00. The summed E-state index contributed by atoms with van der Waals surface area (Å²) in [6.45, 7) is 0. The number of carbonyl (C=O) groups excluding carboxylic acids is 1. The highest BCUT2D eigenvalue weighted by atomic mass is 32.2. The summed E-state index contributed by atoms with van der Waals surface area (Å²) in [6, 6.07) is 17.7. The molecule has 0 bridgehead atoms. The number of hydrogen-bond donors (Lipinski definition) is 2. The van der Waals surface area contributed by atoms with Crippen LogP contribution in [0.1, 0.15) is 5.56 Å². The molecule has 0 aliphatic rings. The average Bonchev–Trinajstić information content (AvgIpc) is 3.14. The molecule has 1 aromatic heterocycles. The van der Waals surface area contributed by atoms with E-state index >= 15 is 0 Å². The molecule has 0 fully saturated rings. The van der Waals surface area contributed by atoms with Gasteiger partial charge in [-0.15, -0.1) is 11.8 Å². The fraction of sp³-hybridized carbons (Fsp3) is 0.118. The van der Waals surface area contributed by atoms with Gasteiger partial charge in [-0.1, -0.05) is 42.1 Å². The zero-order chi connectivity index (χ0) is 16.6. The molecule has 24 heavy (non-hydrogen) atoms. The van der Waals surface area contributed by atoms with Crippen molar-refractivity contribution < 1.29 is 4.79 Å². The third-order valence-corrected chi connectivity index (χ3v) is 5.08. The van der Waals surface area contributed by atoms with Crippen LogP contribution in [0.3, 0.4) is 0 Å². The molecule has 0 atom stereocenters. The second kappa shape index (κ2) is 8.56. The van der Waals surface area contributed by atoms with Crippen LogP contribution in [-0.4, -0.2) is 26.8 Å². The normalized spacial score (nSPS) is 10.5. The number of benzene rings is 2. The van der Waals surface area contributed by atoms with E-state index in [9.17, 15) is 4.79 Å². The molecular formula is C17H16N4OS2. The first-order valence-corrected chi connectivity index (χ1v) is 9.31. The monoisotopic (exact) mass is 356 g/mol. The Morgan fingerprint density at radius 3 is 2.54 bits per heavy atom. The van der Waals surface area contributed by atoms with Gasteiger partial charge in [0, 0.05) is 16.3 Å². The first kappa shape index (κ1) is 16.6. The Morgan fingerprint density at radius 1 is 1.04 bits per heavy atom. The summed E-state index contributed by atoms with van der Waals surface area (Å²) < 4.78 is 0. The van der Waals surface area contributed by atoms with Gasteiger partial charge in [0.2, 0.25) is 5.91 Å². The van der Waals surface area contributed by atoms with Crippen LogP contribution in [0.15, 0.2) is 71.0 Å². The van der Waals surface area contributed by atoms with Crippen LogP contribution in [0.25, 0.3) is 0 Å². The van der Waals surface area contributed by atoms with Crippen LogP contribution in [0.5, 0.6) is 0 Å². The minimum Gasteiger partial charge on any atom is -0.325 e. The van der Waals surface area contributed by atoms with Gasteiger partial charge in [-0.05, 0) is 29.8 Å². The zero-order valence-corrected chi connectivity index (χ0v) is 14.4. The Hall–Kier alpha value is -2.25. The first-order chi connectivity index (χ1) is 11.8. The number of anilines is 1. The highest BCUT2D eigenvalue weighted by Gasteiger charge is 2.04. The van der Waals surface area contributed by atoms with Crippen molar-refractivity contribution in [3.8, 4) is 0 Å². The number of thioether (sulfide) groups is 2. The highest BCUT2D eigenvalue weighted by Crippen LogP contribution is 2.20. The van der Waals surface area contributed by atoms with Crippen LogP contribution >= 0.6 is 23.5 Å². The summed E-state index contributed by atoms with van der Waals surface area (Å²) in [5.74, 6) is 1.19. The largest absolute Gasteiger partial charge is 0.325 e. The second-order valence-corrected chi connectivity index (χ2v) is 6.94. The number of aromatic amines is 1. The summed E-state index contributed by atoms with van der Waals surface area (Å²) in [6.07, 6.45) is 1.49. The van der Waals surface area contributed by atoms with E-state index in [0.29, 0.717) is 5.75 Å². The fourth-order valence-corrected chi connectivity index (χ4v) is 3.42. The molecule has 0 aliphatic heterocycles. The van der Waals surface area contributed by atoms with Crippen molar-refractivity contribution in [3.63, 3.8) is 0 Å². The summed E-state index contributed by atoms with van der Waals surface area (Å²) >= 11 is 3.11. The molecule has 0 saturated heterocycles. The average molecular weight is 356 g/mol.